The SMILES string of the molecule is CCc1ccc(NC(=O)c2ccc(N(C)S(=O)(=O)CC)cc2)cc1. The molecule has 6 heteroatoms. The summed E-state index contributed by atoms with van der Waals surface area (Å²) < 4.78 is 24.9. The first kappa shape index (κ1) is 18.0. The van der Waals surface area contributed by atoms with Crippen molar-refractivity contribution in [2.45, 2.75) is 20.3 Å². The number of anilines is 2. The molecular formula is C18H22N2O3S. The van der Waals surface area contributed by atoms with Gasteiger partial charge >= 0.3 is 0 Å². The van der Waals surface area contributed by atoms with Gasteiger partial charge in [-0.1, -0.05) is 19.1 Å². The van der Waals surface area contributed by atoms with Crippen molar-refractivity contribution in [2.24, 2.45) is 0 Å². The molecule has 1 amide bonds. The van der Waals surface area contributed by atoms with Gasteiger partial charge in [0.15, 0.2) is 0 Å². The molecule has 0 aliphatic carbocycles. The fraction of sp³-hybridized carbons (Fsp3) is 0.278. The summed E-state index contributed by atoms with van der Waals surface area (Å²) in [5.41, 5.74) is 2.94. The molecule has 2 aromatic rings. The molecule has 2 rings (SSSR count). The van der Waals surface area contributed by atoms with Gasteiger partial charge in [-0.15, -0.1) is 0 Å². The molecule has 0 aliphatic rings. The maximum atomic E-state index is 12.3. The van der Waals surface area contributed by atoms with E-state index in [4.69, 9.17) is 0 Å². The highest BCUT2D eigenvalue weighted by atomic mass is 32.2. The molecule has 0 aromatic heterocycles. The Hall–Kier alpha value is -2.34. The smallest absolute Gasteiger partial charge is 0.255 e. The third-order valence-corrected chi connectivity index (χ3v) is 5.67. The maximum Gasteiger partial charge on any atom is 0.255 e. The number of hydrogen-bond acceptors (Lipinski definition) is 3. The van der Waals surface area contributed by atoms with E-state index in [-0.39, 0.29) is 11.7 Å². The maximum absolute atomic E-state index is 12.3. The highest BCUT2D eigenvalue weighted by molar-refractivity contribution is 7.92. The van der Waals surface area contributed by atoms with Crippen molar-refractivity contribution in [1.29, 1.82) is 0 Å². The fourth-order valence-electron chi connectivity index (χ4n) is 2.20. The molecule has 0 saturated carbocycles. The third kappa shape index (κ3) is 4.14. The van der Waals surface area contributed by atoms with Gasteiger partial charge in [-0.3, -0.25) is 9.10 Å². The number of rotatable bonds is 6. The van der Waals surface area contributed by atoms with E-state index in [9.17, 15) is 13.2 Å². The molecule has 0 aliphatic heterocycles. The van der Waals surface area contributed by atoms with Crippen LogP contribution >= 0.6 is 0 Å². The topological polar surface area (TPSA) is 66.5 Å². The van der Waals surface area contributed by atoms with Crippen molar-refractivity contribution < 1.29 is 13.2 Å². The van der Waals surface area contributed by atoms with Gasteiger partial charge in [0.05, 0.1) is 11.4 Å². The lowest BCUT2D eigenvalue weighted by Gasteiger charge is -2.18. The standard InChI is InChI=1S/C18H22N2O3S/c1-4-14-6-10-16(11-7-14)19-18(21)15-8-12-17(13-9-15)20(3)24(22,23)5-2/h6-13H,4-5H2,1-3H3,(H,19,21). The average molecular weight is 346 g/mol. The minimum atomic E-state index is -3.31. The molecule has 0 heterocycles. The Balaban J connectivity index is 2.10. The minimum Gasteiger partial charge on any atom is -0.322 e. The van der Waals surface area contributed by atoms with E-state index >= 15 is 0 Å². The minimum absolute atomic E-state index is 0.0273. The Morgan fingerprint density at radius 3 is 2.08 bits per heavy atom. The summed E-state index contributed by atoms with van der Waals surface area (Å²) in [5, 5.41) is 2.83. The Morgan fingerprint density at radius 1 is 1.00 bits per heavy atom. The lowest BCUT2D eigenvalue weighted by Crippen LogP contribution is -2.28. The zero-order chi connectivity index (χ0) is 17.7. The number of nitrogens with one attached hydrogen (secondary N) is 1. The average Bonchev–Trinajstić information content (AvgIpc) is 2.61. The van der Waals surface area contributed by atoms with Crippen molar-refractivity contribution in [2.75, 3.05) is 22.4 Å². The van der Waals surface area contributed by atoms with E-state index < -0.39 is 10.0 Å². The van der Waals surface area contributed by atoms with Crippen LogP contribution in [0.5, 0.6) is 0 Å². The third-order valence-electron chi connectivity index (χ3n) is 3.90. The van der Waals surface area contributed by atoms with Crippen LogP contribution in [-0.4, -0.2) is 27.1 Å². The van der Waals surface area contributed by atoms with Gasteiger partial charge in [0.25, 0.3) is 5.91 Å². The van der Waals surface area contributed by atoms with E-state index in [0.29, 0.717) is 11.3 Å². The van der Waals surface area contributed by atoms with Gasteiger partial charge in [0.2, 0.25) is 10.0 Å². The second kappa shape index (κ2) is 7.49. The Bertz CT molecular complexity index is 797. The molecule has 0 fully saturated rings. The van der Waals surface area contributed by atoms with E-state index in [1.54, 1.807) is 31.2 Å². The molecule has 0 radical (unpaired) electrons. The summed E-state index contributed by atoms with van der Waals surface area (Å²) in [6.45, 7) is 3.67. The van der Waals surface area contributed by atoms with Crippen LogP contribution in [0, 0.1) is 0 Å². The number of carbonyl (C=O) groups is 1. The molecular weight excluding hydrogens is 324 g/mol. The number of hydrogen-bond donors (Lipinski definition) is 1. The van der Waals surface area contributed by atoms with Crippen molar-refractivity contribution in [3.8, 4) is 0 Å². The van der Waals surface area contributed by atoms with Crippen LogP contribution in [-0.2, 0) is 16.4 Å². The predicted molar refractivity (Wildman–Crippen MR) is 98.1 cm³/mol. The van der Waals surface area contributed by atoms with Crippen LogP contribution in [0.3, 0.4) is 0 Å². The molecule has 1 N–H and O–H groups in total. The van der Waals surface area contributed by atoms with Crippen LogP contribution in [0.1, 0.15) is 29.8 Å². The number of benzene rings is 2. The first-order valence-corrected chi connectivity index (χ1v) is 9.45. The molecule has 0 atom stereocenters. The summed E-state index contributed by atoms with van der Waals surface area (Å²) in [6, 6.07) is 14.2. The Morgan fingerprint density at radius 2 is 1.58 bits per heavy atom. The zero-order valence-electron chi connectivity index (χ0n) is 14.1. The summed E-state index contributed by atoms with van der Waals surface area (Å²) in [4.78, 5) is 12.3. The van der Waals surface area contributed by atoms with Crippen molar-refractivity contribution in [3.05, 3.63) is 59.7 Å². The molecule has 2 aromatic carbocycles. The van der Waals surface area contributed by atoms with Crippen LogP contribution in [0.15, 0.2) is 48.5 Å². The van der Waals surface area contributed by atoms with Crippen molar-refractivity contribution in [3.63, 3.8) is 0 Å². The number of aryl methyl sites for hydroxylation is 1. The first-order valence-electron chi connectivity index (χ1n) is 7.84. The van der Waals surface area contributed by atoms with Gasteiger partial charge in [-0.2, -0.15) is 0 Å². The van der Waals surface area contributed by atoms with Crippen molar-refractivity contribution >= 4 is 27.3 Å². The number of carbonyl (C=O) groups excluding carboxylic acids is 1. The summed E-state index contributed by atoms with van der Waals surface area (Å²) in [7, 11) is -1.80. The van der Waals surface area contributed by atoms with E-state index in [0.717, 1.165) is 12.1 Å². The van der Waals surface area contributed by atoms with E-state index in [1.165, 1.54) is 16.9 Å². The quantitative estimate of drug-likeness (QED) is 0.873. The van der Waals surface area contributed by atoms with Gasteiger partial charge in [0.1, 0.15) is 0 Å². The van der Waals surface area contributed by atoms with Gasteiger partial charge in [-0.05, 0) is 55.3 Å². The highest BCUT2D eigenvalue weighted by Crippen LogP contribution is 2.18. The lowest BCUT2D eigenvalue weighted by atomic mass is 10.1. The van der Waals surface area contributed by atoms with Crippen LogP contribution in [0.2, 0.25) is 0 Å². The van der Waals surface area contributed by atoms with Crippen LogP contribution in [0.4, 0.5) is 11.4 Å². The summed E-state index contributed by atoms with van der Waals surface area (Å²) >= 11 is 0. The molecule has 0 spiro atoms. The van der Waals surface area contributed by atoms with Crippen LogP contribution < -0.4 is 9.62 Å². The highest BCUT2D eigenvalue weighted by Gasteiger charge is 2.16. The van der Waals surface area contributed by atoms with Gasteiger partial charge in [0, 0.05) is 18.3 Å². The predicted octanol–water partition coefficient (Wildman–Crippen LogP) is 3.29. The molecule has 0 saturated heterocycles. The molecule has 128 valence electrons. The van der Waals surface area contributed by atoms with E-state index in [1.807, 2.05) is 24.3 Å². The number of sulfonamides is 1. The number of amides is 1. The normalized spacial score (nSPS) is 11.1. The van der Waals surface area contributed by atoms with Gasteiger partial charge < -0.3 is 5.32 Å². The molecule has 5 nitrogen and oxygen atoms in total. The lowest BCUT2D eigenvalue weighted by molar-refractivity contribution is 0.102. The summed E-state index contributed by atoms with van der Waals surface area (Å²) in [5.74, 6) is -0.203. The Kier molecular flexibility index (Phi) is 5.62. The first-order chi connectivity index (χ1) is 11.4. The Labute approximate surface area is 143 Å². The largest absolute Gasteiger partial charge is 0.322 e. The van der Waals surface area contributed by atoms with Gasteiger partial charge in [-0.25, -0.2) is 8.42 Å². The molecule has 0 bridgehead atoms. The second-order valence-electron chi connectivity index (χ2n) is 5.42. The van der Waals surface area contributed by atoms with Crippen LogP contribution in [0.25, 0.3) is 0 Å². The zero-order valence-corrected chi connectivity index (χ0v) is 14.9. The fourth-order valence-corrected chi connectivity index (χ4v) is 3.03. The van der Waals surface area contributed by atoms with E-state index in [2.05, 4.69) is 12.2 Å². The number of nitrogens with zero attached hydrogens (tertiary/aromatic N) is 1. The summed E-state index contributed by atoms with van der Waals surface area (Å²) in [6.07, 6.45) is 0.948. The molecule has 0 unspecified atom stereocenters. The second-order valence-corrected chi connectivity index (χ2v) is 7.71. The molecule has 24 heavy (non-hydrogen) atoms. The monoisotopic (exact) mass is 346 g/mol. The van der Waals surface area contributed by atoms with Crippen molar-refractivity contribution in [1.82, 2.24) is 0 Å².